The summed E-state index contributed by atoms with van der Waals surface area (Å²) >= 11 is 5.82. The molecule has 0 saturated heterocycles. The van der Waals surface area contributed by atoms with E-state index in [0.29, 0.717) is 10.6 Å². The Kier molecular flexibility index (Phi) is 5.56. The van der Waals surface area contributed by atoms with Gasteiger partial charge >= 0.3 is 5.97 Å². The number of hydrogen-bond donors (Lipinski definition) is 0. The highest BCUT2D eigenvalue weighted by Gasteiger charge is 2.30. The highest BCUT2D eigenvalue weighted by Crippen LogP contribution is 2.30. The predicted octanol–water partition coefficient (Wildman–Crippen LogP) is 2.48. The second kappa shape index (κ2) is 6.56. The molecule has 0 heterocycles. The maximum Gasteiger partial charge on any atom is 0.303 e. The smallest absolute Gasteiger partial charge is 0.303 e. The van der Waals surface area contributed by atoms with Crippen LogP contribution in [0.1, 0.15) is 25.8 Å². The number of carbonyl (C=O) groups is 1. The molecule has 0 N–H and O–H groups in total. The molecule has 0 fully saturated rings. The molecule has 0 spiro atoms. The highest BCUT2D eigenvalue weighted by molar-refractivity contribution is 7.85. The van der Waals surface area contributed by atoms with Crippen LogP contribution < -0.4 is 0 Å². The zero-order valence-corrected chi connectivity index (χ0v) is 13.1. The van der Waals surface area contributed by atoms with Gasteiger partial charge < -0.3 is 4.74 Å². The lowest BCUT2D eigenvalue weighted by Crippen LogP contribution is -2.30. The van der Waals surface area contributed by atoms with Crippen molar-refractivity contribution in [2.75, 3.05) is 12.9 Å². The number of esters is 1. The monoisotopic (exact) mass is 320 g/mol. The van der Waals surface area contributed by atoms with Gasteiger partial charge in [0, 0.05) is 18.4 Å². The van der Waals surface area contributed by atoms with E-state index in [-0.39, 0.29) is 13.0 Å². The van der Waals surface area contributed by atoms with Crippen LogP contribution in [0.3, 0.4) is 0 Å². The van der Waals surface area contributed by atoms with E-state index in [1.54, 1.807) is 31.2 Å². The molecule has 1 aromatic rings. The number of halogens is 1. The van der Waals surface area contributed by atoms with E-state index in [1.165, 1.54) is 6.92 Å². The molecule has 0 aromatic heterocycles. The molecule has 5 nitrogen and oxygen atoms in total. The average molecular weight is 321 g/mol. The molecule has 1 aromatic carbocycles. The molecular formula is C13H17ClO5S. The molecule has 0 bridgehead atoms. The minimum atomic E-state index is -3.53. The fourth-order valence-corrected chi connectivity index (χ4v) is 2.27. The topological polar surface area (TPSA) is 69.7 Å². The van der Waals surface area contributed by atoms with Crippen molar-refractivity contribution in [3.05, 3.63) is 34.9 Å². The fourth-order valence-electron chi connectivity index (χ4n) is 1.76. The Morgan fingerprint density at radius 2 is 1.85 bits per heavy atom. The number of ether oxygens (including phenoxy) is 1. The summed E-state index contributed by atoms with van der Waals surface area (Å²) in [6.07, 6.45) is 1.18. The van der Waals surface area contributed by atoms with E-state index < -0.39 is 21.7 Å². The summed E-state index contributed by atoms with van der Waals surface area (Å²) < 4.78 is 32.0. The molecule has 0 aliphatic heterocycles. The molecular weight excluding hydrogens is 304 g/mol. The summed E-state index contributed by atoms with van der Waals surface area (Å²) in [5, 5.41) is 0.561. The zero-order valence-electron chi connectivity index (χ0n) is 11.6. The molecule has 0 aliphatic rings. The van der Waals surface area contributed by atoms with Crippen molar-refractivity contribution in [2.45, 2.75) is 25.9 Å². The molecule has 7 heteroatoms. The highest BCUT2D eigenvalue weighted by atomic mass is 35.5. The van der Waals surface area contributed by atoms with Crippen LogP contribution in [0, 0.1) is 0 Å². The minimum absolute atomic E-state index is 0.0781. The van der Waals surface area contributed by atoms with Crippen molar-refractivity contribution in [1.29, 1.82) is 0 Å². The standard InChI is InChI=1S/C13H17ClO5S/c1-10(15)19-13(2,8-9-18-20(3,16)17)11-4-6-12(14)7-5-11/h4-7H,8-9H2,1-3H3. The van der Waals surface area contributed by atoms with Crippen molar-refractivity contribution in [3.63, 3.8) is 0 Å². The number of hydrogen-bond acceptors (Lipinski definition) is 5. The Bertz CT molecular complexity index is 567. The molecule has 112 valence electrons. The maximum atomic E-state index is 11.3. The largest absolute Gasteiger partial charge is 0.455 e. The summed E-state index contributed by atoms with van der Waals surface area (Å²) in [5.74, 6) is -0.457. The van der Waals surface area contributed by atoms with Crippen LogP contribution in [-0.4, -0.2) is 27.2 Å². The molecule has 1 unspecified atom stereocenters. The SMILES string of the molecule is CC(=O)OC(C)(CCOS(C)(=O)=O)c1ccc(Cl)cc1. The zero-order chi connectivity index (χ0) is 15.4. The van der Waals surface area contributed by atoms with E-state index in [1.807, 2.05) is 0 Å². The Labute approximate surface area is 124 Å². The van der Waals surface area contributed by atoms with Gasteiger partial charge in [0.25, 0.3) is 10.1 Å². The van der Waals surface area contributed by atoms with Gasteiger partial charge in [-0.15, -0.1) is 0 Å². The molecule has 20 heavy (non-hydrogen) atoms. The van der Waals surface area contributed by atoms with Gasteiger partial charge in [-0.1, -0.05) is 23.7 Å². The van der Waals surface area contributed by atoms with Crippen LogP contribution in [0.2, 0.25) is 5.02 Å². The second-order valence-electron chi connectivity index (χ2n) is 4.61. The molecule has 0 saturated carbocycles. The average Bonchev–Trinajstić information content (AvgIpc) is 2.26. The first-order valence-electron chi connectivity index (χ1n) is 5.92. The van der Waals surface area contributed by atoms with Gasteiger partial charge in [-0.2, -0.15) is 8.42 Å². The lowest BCUT2D eigenvalue weighted by Gasteiger charge is -2.29. The lowest BCUT2D eigenvalue weighted by atomic mass is 9.92. The van der Waals surface area contributed by atoms with Crippen LogP contribution in [0.15, 0.2) is 24.3 Å². The fraction of sp³-hybridized carbons (Fsp3) is 0.462. The summed E-state index contributed by atoms with van der Waals surface area (Å²) in [6.45, 7) is 2.92. The summed E-state index contributed by atoms with van der Waals surface area (Å²) in [5.41, 5.74) is -0.254. The predicted molar refractivity (Wildman–Crippen MR) is 76.0 cm³/mol. The van der Waals surface area contributed by atoms with E-state index in [4.69, 9.17) is 20.5 Å². The summed E-state index contributed by atoms with van der Waals surface area (Å²) in [4.78, 5) is 11.3. The lowest BCUT2D eigenvalue weighted by molar-refractivity contribution is -0.157. The quantitative estimate of drug-likeness (QED) is 0.595. The first-order chi connectivity index (χ1) is 9.12. The van der Waals surface area contributed by atoms with Crippen LogP contribution in [0.25, 0.3) is 0 Å². The number of rotatable bonds is 6. The third kappa shape index (κ3) is 5.48. The normalized spacial score (nSPS) is 14.6. The van der Waals surface area contributed by atoms with E-state index in [9.17, 15) is 13.2 Å². The van der Waals surface area contributed by atoms with Crippen LogP contribution >= 0.6 is 11.6 Å². The minimum Gasteiger partial charge on any atom is -0.455 e. The molecule has 0 amide bonds. The van der Waals surface area contributed by atoms with Crippen molar-refractivity contribution >= 4 is 27.7 Å². The Balaban J connectivity index is 2.91. The third-order valence-electron chi connectivity index (χ3n) is 2.70. The van der Waals surface area contributed by atoms with Crippen LogP contribution in [0.4, 0.5) is 0 Å². The first kappa shape index (κ1) is 16.9. The van der Waals surface area contributed by atoms with E-state index >= 15 is 0 Å². The van der Waals surface area contributed by atoms with Gasteiger partial charge in [0.05, 0.1) is 12.9 Å². The van der Waals surface area contributed by atoms with Gasteiger partial charge in [-0.05, 0) is 24.6 Å². The summed E-state index contributed by atoms with van der Waals surface area (Å²) in [7, 11) is -3.53. The Hall–Kier alpha value is -1.11. The van der Waals surface area contributed by atoms with Crippen molar-refractivity contribution in [1.82, 2.24) is 0 Å². The van der Waals surface area contributed by atoms with Crippen molar-refractivity contribution in [2.24, 2.45) is 0 Å². The third-order valence-corrected chi connectivity index (χ3v) is 3.55. The maximum absolute atomic E-state index is 11.3. The Morgan fingerprint density at radius 1 is 1.30 bits per heavy atom. The molecule has 0 radical (unpaired) electrons. The molecule has 0 aliphatic carbocycles. The molecule has 1 rings (SSSR count). The van der Waals surface area contributed by atoms with E-state index in [2.05, 4.69) is 0 Å². The van der Waals surface area contributed by atoms with E-state index in [0.717, 1.165) is 6.26 Å². The van der Waals surface area contributed by atoms with Crippen molar-refractivity contribution < 1.29 is 22.1 Å². The van der Waals surface area contributed by atoms with Gasteiger partial charge in [-0.25, -0.2) is 0 Å². The van der Waals surface area contributed by atoms with Crippen LogP contribution in [-0.2, 0) is 29.4 Å². The van der Waals surface area contributed by atoms with Gasteiger partial charge in [0.15, 0.2) is 0 Å². The van der Waals surface area contributed by atoms with Crippen LogP contribution in [0.5, 0.6) is 0 Å². The van der Waals surface area contributed by atoms with Gasteiger partial charge in [-0.3, -0.25) is 8.98 Å². The number of carbonyl (C=O) groups excluding carboxylic acids is 1. The summed E-state index contributed by atoms with van der Waals surface area (Å²) in [6, 6.07) is 6.81. The molecule has 1 atom stereocenters. The van der Waals surface area contributed by atoms with Gasteiger partial charge in [0.2, 0.25) is 0 Å². The van der Waals surface area contributed by atoms with Gasteiger partial charge in [0.1, 0.15) is 5.60 Å². The Morgan fingerprint density at radius 3 is 2.30 bits per heavy atom. The van der Waals surface area contributed by atoms with Crippen molar-refractivity contribution in [3.8, 4) is 0 Å². The second-order valence-corrected chi connectivity index (χ2v) is 6.69. The number of benzene rings is 1. The first-order valence-corrected chi connectivity index (χ1v) is 8.12.